The van der Waals surface area contributed by atoms with Crippen molar-refractivity contribution in [2.24, 2.45) is 10.4 Å². The van der Waals surface area contributed by atoms with E-state index in [0.717, 1.165) is 33.1 Å². The summed E-state index contributed by atoms with van der Waals surface area (Å²) in [6.07, 6.45) is 0. The molecular formula is C17H21N3O2S. The Morgan fingerprint density at radius 1 is 1.48 bits per heavy atom. The molecule has 0 amide bonds. The molecule has 1 aliphatic heterocycles. The zero-order valence-corrected chi connectivity index (χ0v) is 14.4. The van der Waals surface area contributed by atoms with Crippen LogP contribution in [-0.4, -0.2) is 34.4 Å². The van der Waals surface area contributed by atoms with Crippen LogP contribution in [0, 0.1) is 5.41 Å². The van der Waals surface area contributed by atoms with E-state index in [2.05, 4.69) is 16.0 Å². The third-order valence-corrected chi connectivity index (χ3v) is 4.80. The molecule has 1 atom stereocenters. The molecule has 2 heterocycles. The molecule has 23 heavy (non-hydrogen) atoms. The van der Waals surface area contributed by atoms with Gasteiger partial charge in [-0.2, -0.15) is 0 Å². The SMILES string of the molecule is CC(C)(C)C(=O)OCC1CSC(c2cc3cccc(N)c3[nH]2)=N1. The van der Waals surface area contributed by atoms with E-state index in [1.807, 2.05) is 39.0 Å². The number of benzene rings is 1. The van der Waals surface area contributed by atoms with Gasteiger partial charge in [0, 0.05) is 11.1 Å². The molecule has 0 radical (unpaired) electrons. The first-order valence-corrected chi connectivity index (χ1v) is 8.58. The summed E-state index contributed by atoms with van der Waals surface area (Å²) in [7, 11) is 0. The van der Waals surface area contributed by atoms with Crippen LogP contribution in [0.25, 0.3) is 10.9 Å². The molecule has 122 valence electrons. The summed E-state index contributed by atoms with van der Waals surface area (Å²) in [6, 6.07) is 7.90. The number of rotatable bonds is 3. The molecule has 0 fully saturated rings. The van der Waals surface area contributed by atoms with E-state index in [1.165, 1.54) is 0 Å². The number of carbonyl (C=O) groups excluding carboxylic acids is 1. The number of hydrogen-bond acceptors (Lipinski definition) is 5. The first-order valence-electron chi connectivity index (χ1n) is 7.60. The molecule has 3 rings (SSSR count). The van der Waals surface area contributed by atoms with Gasteiger partial charge in [0.15, 0.2) is 0 Å². The number of aromatic amines is 1. The van der Waals surface area contributed by atoms with Gasteiger partial charge in [-0.1, -0.05) is 12.1 Å². The molecule has 0 bridgehead atoms. The number of nitrogen functional groups attached to an aromatic ring is 1. The average Bonchev–Trinajstić information content (AvgIpc) is 3.10. The number of fused-ring (bicyclic) bond motifs is 1. The van der Waals surface area contributed by atoms with Crippen molar-refractivity contribution in [3.05, 3.63) is 30.0 Å². The molecule has 0 spiro atoms. The van der Waals surface area contributed by atoms with Gasteiger partial charge in [-0.15, -0.1) is 11.8 Å². The number of para-hydroxylation sites is 1. The molecule has 3 N–H and O–H groups in total. The van der Waals surface area contributed by atoms with Crippen LogP contribution < -0.4 is 5.73 Å². The van der Waals surface area contributed by atoms with Crippen LogP contribution in [-0.2, 0) is 9.53 Å². The number of nitrogens with two attached hydrogens (primary N) is 1. The van der Waals surface area contributed by atoms with Crippen molar-refractivity contribution in [1.29, 1.82) is 0 Å². The number of ether oxygens (including phenoxy) is 1. The maximum absolute atomic E-state index is 11.8. The minimum Gasteiger partial charge on any atom is -0.463 e. The number of thioether (sulfide) groups is 1. The first-order chi connectivity index (χ1) is 10.8. The highest BCUT2D eigenvalue weighted by molar-refractivity contribution is 8.14. The van der Waals surface area contributed by atoms with Crippen molar-refractivity contribution in [2.75, 3.05) is 18.1 Å². The Morgan fingerprint density at radius 3 is 2.96 bits per heavy atom. The fraction of sp³-hybridized carbons (Fsp3) is 0.412. The second kappa shape index (κ2) is 5.92. The highest BCUT2D eigenvalue weighted by Gasteiger charge is 2.26. The Labute approximate surface area is 139 Å². The van der Waals surface area contributed by atoms with Gasteiger partial charge in [-0.05, 0) is 32.9 Å². The highest BCUT2D eigenvalue weighted by Crippen LogP contribution is 2.28. The van der Waals surface area contributed by atoms with Gasteiger partial charge in [0.2, 0.25) is 0 Å². The van der Waals surface area contributed by atoms with Crippen LogP contribution in [0.1, 0.15) is 26.5 Å². The third-order valence-electron chi connectivity index (χ3n) is 3.65. The number of nitrogens with zero attached hydrogens (tertiary/aromatic N) is 1. The Kier molecular flexibility index (Phi) is 4.10. The standard InChI is InChI=1S/C17H21N3O2S/c1-17(2,3)16(21)22-8-11-9-23-15(19-11)13-7-10-5-4-6-12(18)14(10)20-13/h4-7,11,20H,8-9,18H2,1-3H3. The quantitative estimate of drug-likeness (QED) is 0.668. The lowest BCUT2D eigenvalue weighted by molar-refractivity contribution is -0.153. The Hall–Kier alpha value is -1.95. The van der Waals surface area contributed by atoms with E-state index < -0.39 is 5.41 Å². The fourth-order valence-electron chi connectivity index (χ4n) is 2.33. The predicted octanol–water partition coefficient (Wildman–Crippen LogP) is 3.20. The summed E-state index contributed by atoms with van der Waals surface area (Å²) in [5, 5.41) is 2.02. The van der Waals surface area contributed by atoms with Crippen molar-refractivity contribution in [3.63, 3.8) is 0 Å². The number of nitrogens with one attached hydrogen (secondary N) is 1. The maximum atomic E-state index is 11.8. The third kappa shape index (κ3) is 3.37. The Bertz CT molecular complexity index is 774. The molecule has 1 unspecified atom stereocenters. The average molecular weight is 331 g/mol. The zero-order valence-electron chi connectivity index (χ0n) is 13.6. The summed E-state index contributed by atoms with van der Waals surface area (Å²) < 4.78 is 5.36. The second-order valence-corrected chi connectivity index (χ2v) is 7.75. The number of H-pyrrole nitrogens is 1. The van der Waals surface area contributed by atoms with Crippen molar-refractivity contribution in [1.82, 2.24) is 4.98 Å². The maximum Gasteiger partial charge on any atom is 0.311 e. The molecule has 1 aliphatic rings. The van der Waals surface area contributed by atoms with Crippen LogP contribution in [0.4, 0.5) is 5.69 Å². The largest absolute Gasteiger partial charge is 0.463 e. The van der Waals surface area contributed by atoms with Crippen molar-refractivity contribution < 1.29 is 9.53 Å². The number of esters is 1. The number of hydrogen-bond donors (Lipinski definition) is 2. The molecule has 0 saturated heterocycles. The summed E-state index contributed by atoms with van der Waals surface area (Å²) in [6.45, 7) is 5.88. The molecule has 0 aliphatic carbocycles. The molecule has 6 heteroatoms. The van der Waals surface area contributed by atoms with Crippen molar-refractivity contribution in [3.8, 4) is 0 Å². The Morgan fingerprint density at radius 2 is 2.26 bits per heavy atom. The summed E-state index contributed by atoms with van der Waals surface area (Å²) in [5.41, 5.74) is 8.14. The number of aliphatic imine (C=N–C) groups is 1. The van der Waals surface area contributed by atoms with E-state index >= 15 is 0 Å². The van der Waals surface area contributed by atoms with Gasteiger partial charge in [0.1, 0.15) is 11.7 Å². The lowest BCUT2D eigenvalue weighted by Crippen LogP contribution is -2.26. The minimum atomic E-state index is -0.479. The second-order valence-electron chi connectivity index (χ2n) is 6.74. The first kappa shape index (κ1) is 15.9. The lowest BCUT2D eigenvalue weighted by atomic mass is 9.97. The van der Waals surface area contributed by atoms with Crippen molar-refractivity contribution >= 4 is 39.4 Å². The molecule has 5 nitrogen and oxygen atoms in total. The topological polar surface area (TPSA) is 80.5 Å². The zero-order chi connectivity index (χ0) is 16.6. The van der Waals surface area contributed by atoms with Crippen molar-refractivity contribution in [2.45, 2.75) is 26.8 Å². The summed E-state index contributed by atoms with van der Waals surface area (Å²) in [5.74, 6) is 0.627. The molecule has 1 aromatic carbocycles. The number of aromatic nitrogens is 1. The Balaban J connectivity index is 1.71. The molecular weight excluding hydrogens is 310 g/mol. The molecule has 1 aromatic heterocycles. The van der Waals surface area contributed by atoms with Crippen LogP contribution >= 0.6 is 11.8 Å². The van der Waals surface area contributed by atoms with Gasteiger partial charge in [-0.3, -0.25) is 9.79 Å². The van der Waals surface area contributed by atoms with Gasteiger partial charge >= 0.3 is 5.97 Å². The van der Waals surface area contributed by atoms with Crippen LogP contribution in [0.15, 0.2) is 29.3 Å². The molecule has 2 aromatic rings. The van der Waals surface area contributed by atoms with Crippen LogP contribution in [0.5, 0.6) is 0 Å². The fourth-order valence-corrected chi connectivity index (χ4v) is 3.34. The number of carbonyl (C=O) groups is 1. The van der Waals surface area contributed by atoms with Crippen LogP contribution in [0.2, 0.25) is 0 Å². The van der Waals surface area contributed by atoms with E-state index in [-0.39, 0.29) is 12.0 Å². The summed E-state index contributed by atoms with van der Waals surface area (Å²) >= 11 is 1.67. The minimum absolute atomic E-state index is 0.00468. The monoisotopic (exact) mass is 331 g/mol. The highest BCUT2D eigenvalue weighted by atomic mass is 32.2. The van der Waals surface area contributed by atoms with E-state index in [4.69, 9.17) is 10.5 Å². The smallest absolute Gasteiger partial charge is 0.311 e. The molecule has 0 saturated carbocycles. The summed E-state index contributed by atoms with van der Waals surface area (Å²) in [4.78, 5) is 19.8. The predicted molar refractivity (Wildman–Crippen MR) is 95.9 cm³/mol. The van der Waals surface area contributed by atoms with Gasteiger partial charge in [0.05, 0.1) is 28.4 Å². The van der Waals surface area contributed by atoms with Gasteiger partial charge < -0.3 is 15.5 Å². The van der Waals surface area contributed by atoms with E-state index in [9.17, 15) is 4.79 Å². The normalized spacial score (nSPS) is 18.2. The van der Waals surface area contributed by atoms with Gasteiger partial charge in [0.25, 0.3) is 0 Å². The van der Waals surface area contributed by atoms with E-state index in [0.29, 0.717) is 6.61 Å². The lowest BCUT2D eigenvalue weighted by Gasteiger charge is -2.17. The van der Waals surface area contributed by atoms with E-state index in [1.54, 1.807) is 11.8 Å². The van der Waals surface area contributed by atoms with Crippen LogP contribution in [0.3, 0.4) is 0 Å². The van der Waals surface area contributed by atoms with Gasteiger partial charge in [-0.25, -0.2) is 0 Å². The number of anilines is 1.